The van der Waals surface area contributed by atoms with Gasteiger partial charge in [0.15, 0.2) is 0 Å². The van der Waals surface area contributed by atoms with Crippen LogP contribution in [0, 0.1) is 17.8 Å². The Morgan fingerprint density at radius 3 is 2.67 bits per heavy atom. The van der Waals surface area contributed by atoms with Crippen LogP contribution < -0.4 is 0 Å². The Morgan fingerprint density at radius 1 is 1.37 bits per heavy atom. The maximum absolute atomic E-state index is 13.8. The fraction of sp³-hybridized carbons (Fsp3) is 0.700. The third kappa shape index (κ3) is 7.67. The lowest BCUT2D eigenvalue weighted by Crippen LogP contribution is -2.36. The number of halogens is 2. The van der Waals surface area contributed by atoms with E-state index in [0.717, 1.165) is 4.90 Å². The molecular formula is C20H29F2NO4. The van der Waals surface area contributed by atoms with Crippen LogP contribution in [0.25, 0.3) is 0 Å². The number of carboxylic acid groups (broad SMARTS) is 1. The lowest BCUT2D eigenvalue weighted by atomic mass is 10.00. The maximum Gasteiger partial charge on any atom is 0.327 e. The number of hydrogen-bond acceptors (Lipinski definition) is 3. The molecule has 0 aliphatic carbocycles. The Bertz CT molecular complexity index is 595. The molecule has 0 aromatic heterocycles. The van der Waals surface area contributed by atoms with E-state index in [1.807, 2.05) is 6.92 Å². The summed E-state index contributed by atoms with van der Waals surface area (Å²) in [5.41, 5.74) is 0. The van der Waals surface area contributed by atoms with E-state index in [-0.39, 0.29) is 18.9 Å². The van der Waals surface area contributed by atoms with E-state index in [4.69, 9.17) is 5.11 Å². The molecule has 1 rings (SSSR count). The lowest BCUT2D eigenvalue weighted by Gasteiger charge is -2.22. The number of alkyl halides is 2. The fourth-order valence-corrected chi connectivity index (χ4v) is 2.99. The third-order valence-corrected chi connectivity index (χ3v) is 4.69. The Balaban J connectivity index is 2.59. The van der Waals surface area contributed by atoms with Gasteiger partial charge in [-0.3, -0.25) is 9.59 Å². The van der Waals surface area contributed by atoms with E-state index < -0.39 is 36.4 Å². The van der Waals surface area contributed by atoms with Gasteiger partial charge in [0.2, 0.25) is 0 Å². The van der Waals surface area contributed by atoms with Crippen molar-refractivity contribution in [2.45, 2.75) is 76.9 Å². The molecule has 27 heavy (non-hydrogen) atoms. The second-order valence-corrected chi connectivity index (χ2v) is 7.02. The van der Waals surface area contributed by atoms with Gasteiger partial charge in [-0.15, -0.1) is 11.8 Å². The number of aliphatic carboxylic acids is 1. The molecule has 0 aromatic carbocycles. The molecule has 1 unspecified atom stereocenters. The van der Waals surface area contributed by atoms with E-state index in [2.05, 4.69) is 11.8 Å². The predicted octanol–water partition coefficient (Wildman–Crippen LogP) is 3.22. The number of aliphatic hydroxyl groups excluding tert-OH is 1. The van der Waals surface area contributed by atoms with E-state index in [9.17, 15) is 23.5 Å². The Morgan fingerprint density at radius 2 is 2.04 bits per heavy atom. The number of carboxylic acids is 1. The molecular weight excluding hydrogens is 356 g/mol. The summed E-state index contributed by atoms with van der Waals surface area (Å²) in [5, 5.41) is 18.7. The van der Waals surface area contributed by atoms with Crippen LogP contribution in [0.5, 0.6) is 0 Å². The molecule has 0 saturated carbocycles. The monoisotopic (exact) mass is 385 g/mol. The van der Waals surface area contributed by atoms with Gasteiger partial charge in [-0.05, 0) is 25.7 Å². The molecule has 7 heteroatoms. The molecule has 1 heterocycles. The largest absolute Gasteiger partial charge is 0.481 e. The number of unbranched alkanes of at least 4 members (excludes halogenated alkanes) is 3. The summed E-state index contributed by atoms with van der Waals surface area (Å²) < 4.78 is 27.7. The number of rotatable bonds is 11. The number of carbonyl (C=O) groups is 2. The minimum Gasteiger partial charge on any atom is -0.481 e. The summed E-state index contributed by atoms with van der Waals surface area (Å²) in [5.74, 6) is 0.0706. The van der Waals surface area contributed by atoms with E-state index in [1.165, 1.54) is 12.2 Å². The average molecular weight is 385 g/mol. The summed E-state index contributed by atoms with van der Waals surface area (Å²) in [6.07, 6.45) is 4.58. The van der Waals surface area contributed by atoms with Crippen molar-refractivity contribution in [3.05, 3.63) is 12.2 Å². The fourth-order valence-electron chi connectivity index (χ4n) is 2.99. The van der Waals surface area contributed by atoms with Gasteiger partial charge in [-0.25, -0.2) is 0 Å². The highest BCUT2D eigenvalue weighted by atomic mass is 19.3. The van der Waals surface area contributed by atoms with Crippen molar-refractivity contribution in [1.82, 2.24) is 4.90 Å². The highest BCUT2D eigenvalue weighted by Gasteiger charge is 2.52. The Labute approximate surface area is 159 Å². The van der Waals surface area contributed by atoms with Crippen LogP contribution in [0.1, 0.15) is 58.8 Å². The molecule has 1 fully saturated rings. The van der Waals surface area contributed by atoms with Crippen molar-refractivity contribution >= 4 is 11.9 Å². The Hall–Kier alpha value is -1.94. The standard InChI is InChI=1S/C20H29F2NO4/c1-3-4-9-15(2)17(24)12-11-16-14-20(21,22)19(27)23(16)13-8-6-5-7-10-18(25)26/h11-12,15-17,24H,5-10,13-14H2,1-2H3,(H,25,26)/t15-,16?,17-/m0/s1. The van der Waals surface area contributed by atoms with E-state index >= 15 is 0 Å². The molecule has 0 radical (unpaired) electrons. The molecule has 1 amide bonds. The summed E-state index contributed by atoms with van der Waals surface area (Å²) in [4.78, 5) is 23.6. The van der Waals surface area contributed by atoms with Gasteiger partial charge in [0, 0.05) is 25.8 Å². The topological polar surface area (TPSA) is 77.8 Å². The van der Waals surface area contributed by atoms with Crippen molar-refractivity contribution < 1.29 is 28.6 Å². The van der Waals surface area contributed by atoms with E-state index in [1.54, 1.807) is 6.92 Å². The minimum atomic E-state index is -3.39. The molecule has 5 nitrogen and oxygen atoms in total. The first-order chi connectivity index (χ1) is 12.7. The first kappa shape index (κ1) is 23.1. The normalized spacial score (nSPS) is 21.1. The predicted molar refractivity (Wildman–Crippen MR) is 98.2 cm³/mol. The van der Waals surface area contributed by atoms with Gasteiger partial charge in [-0.1, -0.05) is 31.9 Å². The van der Waals surface area contributed by atoms with Gasteiger partial charge in [0.05, 0.1) is 12.1 Å². The van der Waals surface area contributed by atoms with Crippen LogP contribution in [-0.2, 0) is 9.59 Å². The smallest absolute Gasteiger partial charge is 0.327 e. The minimum absolute atomic E-state index is 0.0879. The van der Waals surface area contributed by atoms with Gasteiger partial charge < -0.3 is 15.1 Å². The first-order valence-corrected chi connectivity index (χ1v) is 9.35. The number of hydrogen-bond donors (Lipinski definition) is 2. The third-order valence-electron chi connectivity index (χ3n) is 4.69. The van der Waals surface area contributed by atoms with Gasteiger partial charge >= 0.3 is 11.9 Å². The zero-order valence-electron chi connectivity index (χ0n) is 16.0. The van der Waals surface area contributed by atoms with E-state index in [0.29, 0.717) is 32.1 Å². The molecule has 0 spiro atoms. The average Bonchev–Trinajstić information content (AvgIpc) is 2.82. The van der Waals surface area contributed by atoms with Crippen molar-refractivity contribution in [3.8, 4) is 11.8 Å². The van der Waals surface area contributed by atoms with Crippen molar-refractivity contribution in [2.24, 2.45) is 5.92 Å². The summed E-state index contributed by atoms with van der Waals surface area (Å²) in [6, 6.07) is -0.745. The highest BCUT2D eigenvalue weighted by Crippen LogP contribution is 2.34. The molecule has 0 bridgehead atoms. The zero-order chi connectivity index (χ0) is 20.4. The number of likely N-dealkylation sites (tertiary alicyclic amines) is 1. The summed E-state index contributed by atoms with van der Waals surface area (Å²) >= 11 is 0. The summed E-state index contributed by atoms with van der Waals surface area (Å²) in [6.45, 7) is 3.73. The zero-order valence-corrected chi connectivity index (χ0v) is 16.0. The number of nitrogens with zero attached hydrogens (tertiary/aromatic N) is 1. The molecule has 152 valence electrons. The maximum atomic E-state index is 13.8. The summed E-state index contributed by atoms with van der Waals surface area (Å²) in [7, 11) is 0. The molecule has 1 aliphatic rings. The molecule has 3 atom stereocenters. The van der Waals surface area contributed by atoms with Gasteiger partial charge in [0.1, 0.15) is 0 Å². The van der Waals surface area contributed by atoms with Crippen LogP contribution in [0.3, 0.4) is 0 Å². The SMILES string of the molecule is CC#CC[C@H](C)[C@@H](O)C=CC1CC(F)(F)C(=O)N1CCCCCCC(=O)O. The van der Waals surface area contributed by atoms with Crippen LogP contribution in [0.15, 0.2) is 12.2 Å². The van der Waals surface area contributed by atoms with Crippen LogP contribution >= 0.6 is 0 Å². The van der Waals surface area contributed by atoms with Crippen molar-refractivity contribution in [3.63, 3.8) is 0 Å². The highest BCUT2D eigenvalue weighted by molar-refractivity contribution is 5.86. The number of carbonyl (C=O) groups excluding carboxylic acids is 1. The quantitative estimate of drug-likeness (QED) is 0.325. The van der Waals surface area contributed by atoms with Crippen LogP contribution in [0.4, 0.5) is 8.78 Å². The lowest BCUT2D eigenvalue weighted by molar-refractivity contribution is -0.148. The number of aliphatic hydroxyl groups is 1. The molecule has 0 aromatic rings. The first-order valence-electron chi connectivity index (χ1n) is 9.35. The number of amides is 1. The van der Waals surface area contributed by atoms with Gasteiger partial charge in [0.25, 0.3) is 5.91 Å². The Kier molecular flexibility index (Phi) is 9.44. The second kappa shape index (κ2) is 11.0. The van der Waals surface area contributed by atoms with Crippen molar-refractivity contribution in [2.75, 3.05) is 6.54 Å². The molecule has 1 saturated heterocycles. The second-order valence-electron chi connectivity index (χ2n) is 7.02. The molecule has 2 N–H and O–H groups in total. The van der Waals surface area contributed by atoms with Crippen LogP contribution in [-0.4, -0.2) is 51.6 Å². The van der Waals surface area contributed by atoms with Gasteiger partial charge in [-0.2, -0.15) is 8.78 Å². The molecule has 1 aliphatic heterocycles. The van der Waals surface area contributed by atoms with Crippen molar-refractivity contribution in [1.29, 1.82) is 0 Å². The van der Waals surface area contributed by atoms with Crippen LogP contribution in [0.2, 0.25) is 0 Å².